The Kier molecular flexibility index (Phi) is 5.37. The number of carbonyl (C=O) groups excluding carboxylic acids is 2. The van der Waals surface area contributed by atoms with Crippen LogP contribution in [-0.4, -0.2) is 55.9 Å². The first-order chi connectivity index (χ1) is 9.40. The van der Waals surface area contributed by atoms with Gasteiger partial charge in [0.05, 0.1) is 19.2 Å². The summed E-state index contributed by atoms with van der Waals surface area (Å²) in [6, 6.07) is 4.87. The van der Waals surface area contributed by atoms with Crippen LogP contribution >= 0.6 is 0 Å². The molecule has 110 valence electrons. The highest BCUT2D eigenvalue weighted by atomic mass is 16.5. The van der Waals surface area contributed by atoms with Crippen LogP contribution in [0.3, 0.4) is 0 Å². The number of hydrogen-bond acceptors (Lipinski definition) is 4. The van der Waals surface area contributed by atoms with Crippen LogP contribution in [0.4, 0.5) is 5.69 Å². The van der Waals surface area contributed by atoms with Crippen molar-refractivity contribution in [3.63, 3.8) is 0 Å². The number of carbonyl (C=O) groups is 2. The molecule has 0 heterocycles. The van der Waals surface area contributed by atoms with E-state index >= 15 is 0 Å². The van der Waals surface area contributed by atoms with Crippen molar-refractivity contribution in [3.05, 3.63) is 23.8 Å². The zero-order valence-electron chi connectivity index (χ0n) is 12.3. The Balaban J connectivity index is 2.94. The van der Waals surface area contributed by atoms with E-state index in [1.54, 1.807) is 32.3 Å². The Labute approximate surface area is 119 Å². The van der Waals surface area contributed by atoms with E-state index in [2.05, 4.69) is 0 Å². The van der Waals surface area contributed by atoms with Gasteiger partial charge >= 0.3 is 0 Å². The number of benzene rings is 1. The van der Waals surface area contributed by atoms with E-state index in [1.807, 2.05) is 6.92 Å². The van der Waals surface area contributed by atoms with Gasteiger partial charge in [-0.2, -0.15) is 0 Å². The molecule has 0 aliphatic rings. The van der Waals surface area contributed by atoms with E-state index < -0.39 is 0 Å². The lowest BCUT2D eigenvalue weighted by molar-refractivity contribution is -0.129. The molecule has 0 unspecified atom stereocenters. The molecule has 6 nitrogen and oxygen atoms in total. The normalized spacial score (nSPS) is 10.0. The summed E-state index contributed by atoms with van der Waals surface area (Å²) < 4.78 is 5.05. The molecule has 0 atom stereocenters. The van der Waals surface area contributed by atoms with E-state index in [0.29, 0.717) is 23.5 Å². The van der Waals surface area contributed by atoms with Crippen LogP contribution in [0.1, 0.15) is 17.3 Å². The van der Waals surface area contributed by atoms with Crippen LogP contribution in [0.25, 0.3) is 0 Å². The molecule has 1 aromatic rings. The second-order valence-corrected chi connectivity index (χ2v) is 4.56. The average molecular weight is 279 g/mol. The number of nitrogen functional groups attached to an aromatic ring is 1. The monoisotopic (exact) mass is 279 g/mol. The van der Waals surface area contributed by atoms with E-state index in [1.165, 1.54) is 16.9 Å². The maximum absolute atomic E-state index is 12.4. The van der Waals surface area contributed by atoms with Gasteiger partial charge in [0.2, 0.25) is 5.91 Å². The lowest BCUT2D eigenvalue weighted by Gasteiger charge is -2.23. The summed E-state index contributed by atoms with van der Waals surface area (Å²) in [5.74, 6) is 0.196. The molecule has 0 bridgehead atoms. The van der Waals surface area contributed by atoms with Crippen molar-refractivity contribution in [1.29, 1.82) is 0 Å². The summed E-state index contributed by atoms with van der Waals surface area (Å²) in [5.41, 5.74) is 6.57. The molecule has 1 aromatic carbocycles. The van der Waals surface area contributed by atoms with Crippen molar-refractivity contribution in [2.75, 3.05) is 40.0 Å². The smallest absolute Gasteiger partial charge is 0.256 e. The van der Waals surface area contributed by atoms with Crippen molar-refractivity contribution in [2.45, 2.75) is 6.92 Å². The predicted molar refractivity (Wildman–Crippen MR) is 77.7 cm³/mol. The number of nitrogens with two attached hydrogens (primary N) is 1. The van der Waals surface area contributed by atoms with Crippen molar-refractivity contribution >= 4 is 17.5 Å². The van der Waals surface area contributed by atoms with E-state index in [-0.39, 0.29) is 18.4 Å². The molecular formula is C14H21N3O3. The molecule has 0 aliphatic carbocycles. The van der Waals surface area contributed by atoms with Gasteiger partial charge in [-0.1, -0.05) is 0 Å². The van der Waals surface area contributed by atoms with E-state index in [9.17, 15) is 9.59 Å². The summed E-state index contributed by atoms with van der Waals surface area (Å²) in [5, 5.41) is 0. The first-order valence-electron chi connectivity index (χ1n) is 6.33. The highest BCUT2D eigenvalue weighted by molar-refractivity contribution is 6.00. The molecule has 20 heavy (non-hydrogen) atoms. The van der Waals surface area contributed by atoms with E-state index in [0.717, 1.165) is 0 Å². The highest BCUT2D eigenvalue weighted by Gasteiger charge is 2.20. The molecule has 0 fully saturated rings. The molecule has 0 aliphatic heterocycles. The zero-order valence-corrected chi connectivity index (χ0v) is 12.3. The molecule has 0 saturated heterocycles. The molecule has 2 amide bonds. The van der Waals surface area contributed by atoms with Gasteiger partial charge in [0.1, 0.15) is 5.75 Å². The van der Waals surface area contributed by atoms with Crippen LogP contribution in [-0.2, 0) is 4.79 Å². The largest absolute Gasteiger partial charge is 0.497 e. The highest BCUT2D eigenvalue weighted by Crippen LogP contribution is 2.21. The Hall–Kier alpha value is -2.24. The molecule has 0 aromatic heterocycles. The molecule has 0 saturated carbocycles. The Morgan fingerprint density at radius 3 is 2.40 bits per heavy atom. The fourth-order valence-corrected chi connectivity index (χ4v) is 1.66. The minimum atomic E-state index is -0.261. The van der Waals surface area contributed by atoms with Crippen molar-refractivity contribution in [3.8, 4) is 5.75 Å². The first kappa shape index (κ1) is 15.8. The minimum absolute atomic E-state index is 0.0355. The van der Waals surface area contributed by atoms with Crippen LogP contribution in [0.15, 0.2) is 18.2 Å². The van der Waals surface area contributed by atoms with E-state index in [4.69, 9.17) is 10.5 Å². The SMILES string of the molecule is CCN(CC(=O)N(C)C)C(=O)c1ccc(OC)cc1N. The number of amides is 2. The third-order valence-corrected chi connectivity index (χ3v) is 2.98. The Morgan fingerprint density at radius 2 is 1.95 bits per heavy atom. The molecule has 2 N–H and O–H groups in total. The fourth-order valence-electron chi connectivity index (χ4n) is 1.66. The predicted octanol–water partition coefficient (Wildman–Crippen LogP) is 0.828. The van der Waals surface area contributed by atoms with Crippen LogP contribution in [0.5, 0.6) is 5.75 Å². The number of hydrogen-bond donors (Lipinski definition) is 1. The van der Waals surface area contributed by atoms with Crippen molar-refractivity contribution in [2.24, 2.45) is 0 Å². The van der Waals surface area contributed by atoms with Gasteiger partial charge in [0.15, 0.2) is 0 Å². The second kappa shape index (κ2) is 6.79. The van der Waals surface area contributed by atoms with Crippen LogP contribution in [0, 0.1) is 0 Å². The van der Waals surface area contributed by atoms with Gasteiger partial charge in [0, 0.05) is 32.4 Å². The number of nitrogens with zero attached hydrogens (tertiary/aromatic N) is 2. The number of likely N-dealkylation sites (N-methyl/N-ethyl adjacent to an activating group) is 2. The maximum atomic E-state index is 12.4. The number of rotatable bonds is 5. The van der Waals surface area contributed by atoms with Crippen molar-refractivity contribution < 1.29 is 14.3 Å². The van der Waals surface area contributed by atoms with Crippen LogP contribution in [0.2, 0.25) is 0 Å². The van der Waals surface area contributed by atoms with Gasteiger partial charge in [-0.15, -0.1) is 0 Å². The third kappa shape index (κ3) is 3.63. The van der Waals surface area contributed by atoms with Crippen LogP contribution < -0.4 is 10.5 Å². The number of anilines is 1. The van der Waals surface area contributed by atoms with Gasteiger partial charge in [-0.25, -0.2) is 0 Å². The standard InChI is InChI=1S/C14H21N3O3/c1-5-17(9-13(18)16(2)3)14(19)11-7-6-10(20-4)8-12(11)15/h6-8H,5,9,15H2,1-4H3. The fraction of sp³-hybridized carbons (Fsp3) is 0.429. The minimum Gasteiger partial charge on any atom is -0.497 e. The lowest BCUT2D eigenvalue weighted by atomic mass is 10.1. The molecule has 0 radical (unpaired) electrons. The number of ether oxygens (including phenoxy) is 1. The van der Waals surface area contributed by atoms with Gasteiger partial charge in [0.25, 0.3) is 5.91 Å². The average Bonchev–Trinajstić information content (AvgIpc) is 2.43. The maximum Gasteiger partial charge on any atom is 0.256 e. The summed E-state index contributed by atoms with van der Waals surface area (Å²) in [7, 11) is 4.84. The Morgan fingerprint density at radius 1 is 1.30 bits per heavy atom. The Bertz CT molecular complexity index is 500. The van der Waals surface area contributed by atoms with Gasteiger partial charge < -0.3 is 20.3 Å². The summed E-state index contributed by atoms with van der Waals surface area (Å²) >= 11 is 0. The zero-order chi connectivity index (χ0) is 15.3. The third-order valence-electron chi connectivity index (χ3n) is 2.98. The second-order valence-electron chi connectivity index (χ2n) is 4.56. The molecule has 6 heteroatoms. The molecule has 0 spiro atoms. The quantitative estimate of drug-likeness (QED) is 0.810. The topological polar surface area (TPSA) is 75.9 Å². The van der Waals surface area contributed by atoms with Gasteiger partial charge in [-0.3, -0.25) is 9.59 Å². The number of methoxy groups -OCH3 is 1. The summed E-state index contributed by atoms with van der Waals surface area (Å²) in [4.78, 5) is 27.0. The first-order valence-corrected chi connectivity index (χ1v) is 6.33. The summed E-state index contributed by atoms with van der Waals surface area (Å²) in [6.07, 6.45) is 0. The van der Waals surface area contributed by atoms with Crippen molar-refractivity contribution in [1.82, 2.24) is 9.80 Å². The molecule has 1 rings (SSSR count). The summed E-state index contributed by atoms with van der Waals surface area (Å²) in [6.45, 7) is 2.29. The molecular weight excluding hydrogens is 258 g/mol. The van der Waals surface area contributed by atoms with Gasteiger partial charge in [-0.05, 0) is 19.1 Å². The lowest BCUT2D eigenvalue weighted by Crippen LogP contribution is -2.40.